The molecule has 0 spiro atoms. The second kappa shape index (κ2) is 8.07. The predicted molar refractivity (Wildman–Crippen MR) is 85.6 cm³/mol. The van der Waals surface area contributed by atoms with Crippen molar-refractivity contribution in [2.45, 2.75) is 12.3 Å². The Hall–Kier alpha value is -2.33. The monoisotopic (exact) mass is 283 g/mol. The average molecular weight is 283 g/mol. The number of nitrogens with zero attached hydrogens (tertiary/aromatic N) is 1. The van der Waals surface area contributed by atoms with Crippen molar-refractivity contribution in [2.75, 3.05) is 13.1 Å². The van der Waals surface area contributed by atoms with Crippen LogP contribution in [0.15, 0.2) is 65.8 Å². The first-order valence-electron chi connectivity index (χ1n) is 7.08. The van der Waals surface area contributed by atoms with Crippen LogP contribution >= 0.6 is 0 Å². The van der Waals surface area contributed by atoms with Gasteiger partial charge in [-0.1, -0.05) is 65.8 Å². The molecular weight excluding hydrogens is 262 g/mol. The first kappa shape index (κ1) is 15.1. The van der Waals surface area contributed by atoms with Crippen molar-refractivity contribution in [3.8, 4) is 0 Å². The Balaban J connectivity index is 1.88. The van der Waals surface area contributed by atoms with Crippen molar-refractivity contribution in [2.24, 2.45) is 10.9 Å². The van der Waals surface area contributed by atoms with Gasteiger partial charge in [0.05, 0.1) is 5.92 Å². The van der Waals surface area contributed by atoms with Crippen LogP contribution in [0.5, 0.6) is 0 Å². The lowest BCUT2D eigenvalue weighted by Gasteiger charge is -2.16. The van der Waals surface area contributed by atoms with Gasteiger partial charge in [0.1, 0.15) is 5.84 Å². The molecule has 1 unspecified atom stereocenters. The lowest BCUT2D eigenvalue weighted by atomic mass is 9.98. The Morgan fingerprint density at radius 1 is 1.05 bits per heavy atom. The zero-order chi connectivity index (χ0) is 14.9. The molecule has 0 radical (unpaired) electrons. The molecule has 110 valence electrons. The molecule has 4 nitrogen and oxygen atoms in total. The summed E-state index contributed by atoms with van der Waals surface area (Å²) < 4.78 is 0. The van der Waals surface area contributed by atoms with Gasteiger partial charge in [-0.15, -0.1) is 0 Å². The molecule has 0 aliphatic heterocycles. The third-order valence-electron chi connectivity index (χ3n) is 3.46. The van der Waals surface area contributed by atoms with Gasteiger partial charge in [-0.05, 0) is 24.1 Å². The molecule has 0 saturated carbocycles. The van der Waals surface area contributed by atoms with Crippen molar-refractivity contribution >= 4 is 5.84 Å². The molecule has 0 amide bonds. The molecule has 0 bridgehead atoms. The Kier molecular flexibility index (Phi) is 5.79. The van der Waals surface area contributed by atoms with E-state index in [9.17, 15) is 0 Å². The molecule has 4 heteroatoms. The molecule has 0 aliphatic carbocycles. The molecule has 2 aromatic rings. The Morgan fingerprint density at radius 3 is 2.29 bits per heavy atom. The smallest absolute Gasteiger partial charge is 0.147 e. The minimum Gasteiger partial charge on any atom is -0.409 e. The predicted octanol–water partition coefficient (Wildman–Crippen LogP) is 2.35. The van der Waals surface area contributed by atoms with Crippen molar-refractivity contribution in [1.82, 2.24) is 5.32 Å². The first-order valence-corrected chi connectivity index (χ1v) is 7.08. The van der Waals surface area contributed by atoms with E-state index in [0.29, 0.717) is 6.54 Å². The van der Waals surface area contributed by atoms with E-state index >= 15 is 0 Å². The van der Waals surface area contributed by atoms with Gasteiger partial charge in [-0.25, -0.2) is 0 Å². The minimum atomic E-state index is -0.119. The van der Waals surface area contributed by atoms with E-state index in [1.54, 1.807) is 0 Å². The number of amidine groups is 1. The van der Waals surface area contributed by atoms with Crippen LogP contribution in [0, 0.1) is 0 Å². The molecule has 0 fully saturated rings. The van der Waals surface area contributed by atoms with Crippen LogP contribution in [0.25, 0.3) is 0 Å². The molecule has 2 aromatic carbocycles. The fourth-order valence-corrected chi connectivity index (χ4v) is 2.27. The minimum absolute atomic E-state index is 0.119. The van der Waals surface area contributed by atoms with Gasteiger partial charge < -0.3 is 16.3 Å². The number of rotatable bonds is 7. The van der Waals surface area contributed by atoms with Gasteiger partial charge in [0.2, 0.25) is 0 Å². The zero-order valence-electron chi connectivity index (χ0n) is 11.9. The number of hydrogen-bond acceptors (Lipinski definition) is 3. The Bertz CT molecular complexity index is 555. The normalized spacial score (nSPS) is 13.0. The molecule has 0 aliphatic rings. The molecule has 1 atom stereocenters. The standard InChI is InChI=1S/C17H21N3O/c18-17(20-21)16(15-9-5-2-6-10-15)13-19-12-11-14-7-3-1-4-8-14/h1-10,16,19,21H,11-13H2,(H2,18,20). The first-order chi connectivity index (χ1) is 10.3. The highest BCUT2D eigenvalue weighted by molar-refractivity contribution is 5.87. The number of benzene rings is 2. The summed E-state index contributed by atoms with van der Waals surface area (Å²) in [6.07, 6.45) is 0.957. The Labute approximate surface area is 125 Å². The maximum absolute atomic E-state index is 8.94. The third-order valence-corrected chi connectivity index (χ3v) is 3.46. The summed E-state index contributed by atoms with van der Waals surface area (Å²) in [6.45, 7) is 1.50. The van der Waals surface area contributed by atoms with E-state index in [-0.39, 0.29) is 11.8 Å². The average Bonchev–Trinajstić information content (AvgIpc) is 2.56. The topological polar surface area (TPSA) is 70.6 Å². The highest BCUT2D eigenvalue weighted by atomic mass is 16.4. The summed E-state index contributed by atoms with van der Waals surface area (Å²) in [5.41, 5.74) is 8.14. The lowest BCUT2D eigenvalue weighted by molar-refractivity contribution is 0.315. The molecule has 0 saturated heterocycles. The molecule has 4 N–H and O–H groups in total. The second-order valence-corrected chi connectivity index (χ2v) is 4.93. The summed E-state index contributed by atoms with van der Waals surface area (Å²) in [6, 6.07) is 20.2. The fraction of sp³-hybridized carbons (Fsp3) is 0.235. The largest absolute Gasteiger partial charge is 0.409 e. The molecule has 0 aromatic heterocycles. The summed E-state index contributed by atoms with van der Waals surface area (Å²) in [4.78, 5) is 0. The number of nitrogens with one attached hydrogen (secondary N) is 1. The van der Waals surface area contributed by atoms with Crippen molar-refractivity contribution in [3.63, 3.8) is 0 Å². The van der Waals surface area contributed by atoms with Crippen LogP contribution in [-0.4, -0.2) is 24.1 Å². The van der Waals surface area contributed by atoms with E-state index < -0.39 is 0 Å². The van der Waals surface area contributed by atoms with Gasteiger partial charge in [0.25, 0.3) is 0 Å². The SMILES string of the molecule is NC(=NO)C(CNCCc1ccccc1)c1ccccc1. The summed E-state index contributed by atoms with van der Waals surface area (Å²) in [5.74, 6) is 0.111. The molecular formula is C17H21N3O. The summed E-state index contributed by atoms with van der Waals surface area (Å²) >= 11 is 0. The molecule has 2 rings (SSSR count). The van der Waals surface area contributed by atoms with Gasteiger partial charge in [0, 0.05) is 6.54 Å². The van der Waals surface area contributed by atoms with Crippen molar-refractivity contribution < 1.29 is 5.21 Å². The maximum Gasteiger partial charge on any atom is 0.147 e. The van der Waals surface area contributed by atoms with Gasteiger partial charge in [-0.2, -0.15) is 0 Å². The van der Waals surface area contributed by atoms with E-state index in [2.05, 4.69) is 22.6 Å². The highest BCUT2D eigenvalue weighted by Crippen LogP contribution is 2.14. The van der Waals surface area contributed by atoms with Crippen LogP contribution in [0.1, 0.15) is 17.0 Å². The van der Waals surface area contributed by atoms with Gasteiger partial charge in [0.15, 0.2) is 0 Å². The van der Waals surface area contributed by atoms with Crippen LogP contribution < -0.4 is 11.1 Å². The van der Waals surface area contributed by atoms with Crippen LogP contribution in [0.3, 0.4) is 0 Å². The van der Waals surface area contributed by atoms with Crippen molar-refractivity contribution in [3.05, 3.63) is 71.8 Å². The van der Waals surface area contributed by atoms with Crippen LogP contribution in [-0.2, 0) is 6.42 Å². The number of nitrogens with two attached hydrogens (primary N) is 1. The Morgan fingerprint density at radius 2 is 1.67 bits per heavy atom. The summed E-state index contributed by atoms with van der Waals surface area (Å²) in [5, 5.41) is 15.5. The highest BCUT2D eigenvalue weighted by Gasteiger charge is 2.15. The van der Waals surface area contributed by atoms with Gasteiger partial charge >= 0.3 is 0 Å². The van der Waals surface area contributed by atoms with E-state index in [1.807, 2.05) is 48.5 Å². The lowest BCUT2D eigenvalue weighted by Crippen LogP contribution is -2.32. The van der Waals surface area contributed by atoms with Crippen LogP contribution in [0.2, 0.25) is 0 Å². The van der Waals surface area contributed by atoms with Crippen LogP contribution in [0.4, 0.5) is 0 Å². The second-order valence-electron chi connectivity index (χ2n) is 4.93. The summed E-state index contributed by atoms with van der Waals surface area (Å²) in [7, 11) is 0. The van der Waals surface area contributed by atoms with E-state index in [0.717, 1.165) is 18.5 Å². The number of hydrogen-bond donors (Lipinski definition) is 3. The molecule has 0 heterocycles. The van der Waals surface area contributed by atoms with Gasteiger partial charge in [-0.3, -0.25) is 0 Å². The van der Waals surface area contributed by atoms with E-state index in [1.165, 1.54) is 5.56 Å². The molecule has 21 heavy (non-hydrogen) atoms. The zero-order valence-corrected chi connectivity index (χ0v) is 11.9. The number of oxime groups is 1. The third kappa shape index (κ3) is 4.61. The fourth-order valence-electron chi connectivity index (χ4n) is 2.27. The quantitative estimate of drug-likeness (QED) is 0.240. The maximum atomic E-state index is 8.94. The van der Waals surface area contributed by atoms with Crippen molar-refractivity contribution in [1.29, 1.82) is 0 Å². The van der Waals surface area contributed by atoms with E-state index in [4.69, 9.17) is 10.9 Å².